The Balaban J connectivity index is 3.26. The van der Waals surface area contributed by atoms with Crippen LogP contribution < -0.4 is 0 Å². The average Bonchev–Trinajstić information content (AvgIpc) is 2.79. The van der Waals surface area contributed by atoms with E-state index in [0.717, 1.165) is 25.7 Å². The summed E-state index contributed by atoms with van der Waals surface area (Å²) >= 11 is 0. The maximum Gasteiger partial charge on any atom is 0.410 e. The number of hydrogen-bond acceptors (Lipinski definition) is 9. The third-order valence-corrected chi connectivity index (χ3v) is 4.49. The summed E-state index contributed by atoms with van der Waals surface area (Å²) in [5.74, 6) is -0.155. The number of nitrogens with zero attached hydrogens (tertiary/aromatic N) is 1. The van der Waals surface area contributed by atoms with Crippen LogP contribution in [0.1, 0.15) is 59.8 Å². The van der Waals surface area contributed by atoms with Gasteiger partial charge in [0, 0.05) is 20.0 Å². The highest BCUT2D eigenvalue weighted by Gasteiger charge is 2.19. The van der Waals surface area contributed by atoms with Gasteiger partial charge in [-0.1, -0.05) is 26.2 Å². The van der Waals surface area contributed by atoms with Crippen LogP contribution in [0.5, 0.6) is 0 Å². The largest absolute Gasteiger partial charge is 0.463 e. The zero-order valence-electron chi connectivity index (χ0n) is 22.6. The molecular formula is C25H49NO9. The summed E-state index contributed by atoms with van der Waals surface area (Å²) in [6.07, 6.45) is 4.39. The standard InChI is InChI=1S/C25H49NO9/c1-6-7-8-9-10-23(27)34-22-21-33-20-19-32-18-17-31-16-15-30-14-13-29-12-11-26(5)24(28)35-25(2,3)4/h6-22H2,1-5H3. The minimum Gasteiger partial charge on any atom is -0.463 e. The molecule has 0 aromatic heterocycles. The molecule has 0 unspecified atom stereocenters. The number of rotatable bonds is 23. The first-order valence-corrected chi connectivity index (χ1v) is 12.7. The lowest BCUT2D eigenvalue weighted by atomic mass is 10.2. The number of amides is 1. The molecule has 0 aromatic rings. The van der Waals surface area contributed by atoms with Crippen LogP contribution in [0, 0.1) is 0 Å². The third kappa shape index (κ3) is 25.4. The summed E-state index contributed by atoms with van der Waals surface area (Å²) in [6.45, 7) is 12.9. The Bertz CT molecular complexity index is 512. The van der Waals surface area contributed by atoms with Crippen molar-refractivity contribution in [3.05, 3.63) is 0 Å². The maximum absolute atomic E-state index is 11.8. The monoisotopic (exact) mass is 507 g/mol. The Morgan fingerprint density at radius 3 is 1.57 bits per heavy atom. The first kappa shape index (κ1) is 33.5. The molecule has 0 saturated carbocycles. The van der Waals surface area contributed by atoms with Gasteiger partial charge in [0.15, 0.2) is 0 Å². The molecule has 208 valence electrons. The predicted octanol–water partition coefficient (Wildman–Crippen LogP) is 3.45. The van der Waals surface area contributed by atoms with Gasteiger partial charge in [0.2, 0.25) is 0 Å². The molecule has 0 fully saturated rings. The lowest BCUT2D eigenvalue weighted by molar-refractivity contribution is -0.145. The minimum absolute atomic E-state index is 0.155. The molecule has 0 spiro atoms. The molecule has 0 rings (SSSR count). The Hall–Kier alpha value is -1.46. The molecule has 0 aliphatic heterocycles. The molecule has 10 nitrogen and oxygen atoms in total. The van der Waals surface area contributed by atoms with E-state index >= 15 is 0 Å². The summed E-state index contributed by atoms with van der Waals surface area (Å²) in [7, 11) is 1.68. The van der Waals surface area contributed by atoms with Crippen LogP contribution in [-0.2, 0) is 38.0 Å². The molecule has 0 bridgehead atoms. The summed E-state index contributed by atoms with van der Waals surface area (Å²) in [5, 5.41) is 0. The van der Waals surface area contributed by atoms with Crippen LogP contribution in [0.15, 0.2) is 0 Å². The fraction of sp³-hybridized carbons (Fsp3) is 0.920. The lowest BCUT2D eigenvalue weighted by Gasteiger charge is -2.24. The normalized spacial score (nSPS) is 11.5. The van der Waals surface area contributed by atoms with Crippen molar-refractivity contribution in [2.24, 2.45) is 0 Å². The van der Waals surface area contributed by atoms with Crippen molar-refractivity contribution in [2.75, 3.05) is 86.3 Å². The summed E-state index contributed by atoms with van der Waals surface area (Å²) in [6, 6.07) is 0. The van der Waals surface area contributed by atoms with Gasteiger partial charge in [-0.3, -0.25) is 4.79 Å². The lowest BCUT2D eigenvalue weighted by Crippen LogP contribution is -2.36. The van der Waals surface area contributed by atoms with Gasteiger partial charge in [-0.2, -0.15) is 0 Å². The molecule has 0 saturated heterocycles. The SMILES string of the molecule is CCCCCCC(=O)OCCOCCOCCOCCOCCOCCN(C)C(=O)OC(C)(C)C. The van der Waals surface area contributed by atoms with E-state index in [1.807, 2.05) is 20.8 Å². The Kier molecular flexibility index (Phi) is 22.0. The number of likely N-dealkylation sites (N-methyl/N-ethyl adjacent to an activating group) is 1. The second kappa shape index (κ2) is 23.0. The average molecular weight is 508 g/mol. The van der Waals surface area contributed by atoms with Crippen LogP contribution in [0.2, 0.25) is 0 Å². The highest BCUT2D eigenvalue weighted by atomic mass is 16.6. The van der Waals surface area contributed by atoms with Crippen LogP contribution in [-0.4, -0.2) is 109 Å². The van der Waals surface area contributed by atoms with E-state index < -0.39 is 5.60 Å². The van der Waals surface area contributed by atoms with Gasteiger partial charge in [0.05, 0.1) is 66.1 Å². The van der Waals surface area contributed by atoms with Gasteiger partial charge in [-0.15, -0.1) is 0 Å². The smallest absolute Gasteiger partial charge is 0.410 e. The number of unbranched alkanes of at least 4 members (excludes halogenated alkanes) is 3. The molecule has 0 aliphatic rings. The van der Waals surface area contributed by atoms with E-state index in [0.29, 0.717) is 79.0 Å². The molecule has 0 heterocycles. The molecule has 35 heavy (non-hydrogen) atoms. The first-order chi connectivity index (χ1) is 16.8. The second-order valence-corrected chi connectivity index (χ2v) is 8.99. The fourth-order valence-electron chi connectivity index (χ4n) is 2.60. The molecule has 1 amide bonds. The van der Waals surface area contributed by atoms with Crippen LogP contribution in [0.4, 0.5) is 4.79 Å². The quantitative estimate of drug-likeness (QED) is 0.152. The van der Waals surface area contributed by atoms with Crippen LogP contribution >= 0.6 is 0 Å². The van der Waals surface area contributed by atoms with E-state index in [4.69, 9.17) is 33.2 Å². The van der Waals surface area contributed by atoms with Crippen molar-refractivity contribution in [3.8, 4) is 0 Å². The zero-order valence-corrected chi connectivity index (χ0v) is 22.6. The van der Waals surface area contributed by atoms with Gasteiger partial charge in [0.1, 0.15) is 12.2 Å². The van der Waals surface area contributed by atoms with Gasteiger partial charge in [0.25, 0.3) is 0 Å². The van der Waals surface area contributed by atoms with E-state index in [9.17, 15) is 9.59 Å². The first-order valence-electron chi connectivity index (χ1n) is 12.7. The number of carbonyl (C=O) groups excluding carboxylic acids is 2. The molecule has 10 heteroatoms. The van der Waals surface area contributed by atoms with Crippen molar-refractivity contribution in [1.29, 1.82) is 0 Å². The Morgan fingerprint density at radius 2 is 1.11 bits per heavy atom. The van der Waals surface area contributed by atoms with Gasteiger partial charge >= 0.3 is 12.1 Å². The molecule has 0 atom stereocenters. The minimum atomic E-state index is -0.505. The number of hydrogen-bond donors (Lipinski definition) is 0. The molecule has 0 aliphatic carbocycles. The summed E-state index contributed by atoms with van der Waals surface area (Å²) < 4.78 is 37.5. The summed E-state index contributed by atoms with van der Waals surface area (Å²) in [5.41, 5.74) is -0.505. The summed E-state index contributed by atoms with van der Waals surface area (Å²) in [4.78, 5) is 24.8. The molecule has 0 N–H and O–H groups in total. The van der Waals surface area contributed by atoms with Crippen molar-refractivity contribution in [3.63, 3.8) is 0 Å². The van der Waals surface area contributed by atoms with Crippen molar-refractivity contribution in [2.45, 2.75) is 65.4 Å². The van der Waals surface area contributed by atoms with Gasteiger partial charge in [-0.25, -0.2) is 4.79 Å². The van der Waals surface area contributed by atoms with Crippen molar-refractivity contribution >= 4 is 12.1 Å². The topological polar surface area (TPSA) is 102 Å². The zero-order chi connectivity index (χ0) is 26.2. The van der Waals surface area contributed by atoms with Crippen LogP contribution in [0.3, 0.4) is 0 Å². The molecular weight excluding hydrogens is 458 g/mol. The highest BCUT2D eigenvalue weighted by molar-refractivity contribution is 5.69. The van der Waals surface area contributed by atoms with Crippen molar-refractivity contribution < 1.29 is 42.7 Å². The van der Waals surface area contributed by atoms with E-state index in [1.54, 1.807) is 7.05 Å². The van der Waals surface area contributed by atoms with Gasteiger partial charge < -0.3 is 38.1 Å². The molecule has 0 aromatic carbocycles. The maximum atomic E-state index is 11.8. The predicted molar refractivity (Wildman–Crippen MR) is 133 cm³/mol. The van der Waals surface area contributed by atoms with E-state index in [2.05, 4.69) is 6.92 Å². The third-order valence-electron chi connectivity index (χ3n) is 4.49. The van der Waals surface area contributed by atoms with E-state index in [-0.39, 0.29) is 18.7 Å². The van der Waals surface area contributed by atoms with Crippen LogP contribution in [0.25, 0.3) is 0 Å². The Morgan fingerprint density at radius 1 is 0.657 bits per heavy atom. The number of esters is 1. The highest BCUT2D eigenvalue weighted by Crippen LogP contribution is 2.08. The number of ether oxygens (including phenoxy) is 7. The van der Waals surface area contributed by atoms with E-state index in [1.165, 1.54) is 4.90 Å². The van der Waals surface area contributed by atoms with Gasteiger partial charge in [-0.05, 0) is 27.2 Å². The fourth-order valence-corrected chi connectivity index (χ4v) is 2.60. The number of carbonyl (C=O) groups is 2. The second-order valence-electron chi connectivity index (χ2n) is 8.99. The molecule has 0 radical (unpaired) electrons. The Labute approximate surface area is 211 Å². The van der Waals surface area contributed by atoms with Crippen molar-refractivity contribution in [1.82, 2.24) is 4.90 Å².